The number of rotatable bonds is 66. The molecule has 15 atom stereocenters. The summed E-state index contributed by atoms with van der Waals surface area (Å²) in [6.07, 6.45) is -2.09. The summed E-state index contributed by atoms with van der Waals surface area (Å²) in [5.74, 6) is -3.57. The first-order chi connectivity index (χ1) is 56.6. The molecule has 0 aromatic heterocycles. The zero-order valence-corrected chi connectivity index (χ0v) is 71.9. The van der Waals surface area contributed by atoms with Gasteiger partial charge < -0.3 is 111 Å². The van der Waals surface area contributed by atoms with Gasteiger partial charge in [0.25, 0.3) is 0 Å². The smallest absolute Gasteiger partial charge is 0.306 e. The lowest BCUT2D eigenvalue weighted by molar-refractivity contribution is -0.247. The molecule has 4 rings (SSSR count). The van der Waals surface area contributed by atoms with E-state index in [1.807, 2.05) is 71.9 Å². The highest BCUT2D eigenvalue weighted by molar-refractivity contribution is 5.83. The van der Waals surface area contributed by atoms with Crippen molar-refractivity contribution in [2.45, 2.75) is 240 Å². The Morgan fingerprint density at radius 3 is 0.890 bits per heavy atom. The highest BCUT2D eigenvalue weighted by atomic mass is 16.7. The van der Waals surface area contributed by atoms with Crippen molar-refractivity contribution in [2.75, 3.05) is 159 Å². The van der Waals surface area contributed by atoms with Gasteiger partial charge in [-0.2, -0.15) is 0 Å². The second-order valence-corrected chi connectivity index (χ2v) is 30.4. The fourth-order valence-corrected chi connectivity index (χ4v) is 13.7. The third-order valence-corrected chi connectivity index (χ3v) is 21.1. The number of carbonyl (C=O) groups excluding carboxylic acids is 11. The fourth-order valence-electron chi connectivity index (χ4n) is 13.7. The molecule has 1 aromatic rings. The number of nitrogens with one attached hydrogen (secondary N) is 4. The van der Waals surface area contributed by atoms with Crippen molar-refractivity contribution in [3.05, 3.63) is 35.9 Å². The summed E-state index contributed by atoms with van der Waals surface area (Å²) in [7, 11) is 0. The summed E-state index contributed by atoms with van der Waals surface area (Å²) in [6, 6.07) is 7.85. The van der Waals surface area contributed by atoms with Crippen LogP contribution in [0, 0.1) is 35.5 Å². The standard InChI is InChI=1S/C84H138N4O30/c1-57-60(4)78(85-63(7)89)81(116-73(57)54-112-66(10)92)109-50-47-106-44-41-103-38-35-100-32-16-21-70(95)26-29-84(88-76(98)24-25-77(99)115-53-69-19-14-13-15-20-69,30-27-71(96)22-17-33-101-36-39-104-42-45-107-48-51-110-82-79(86-64(8)90)61(5)58(2)74(117-82)55-113-67(11)93)31-28-72(97)23-18-34-102-37-40-105-43-46-108-49-52-111-83-80(87-65(9)91)62(6)59(3)75(118-83)56-114-68(12)94/h13-15,19-20,57-62,73-75,78-83H,16-18,21-56H2,1-12H3,(H,85,89)(H,86,90)(H,87,91)(H,88,98). The largest absolute Gasteiger partial charge is 0.463 e. The monoisotopic (exact) mass is 1680 g/mol. The molecule has 3 heterocycles. The van der Waals surface area contributed by atoms with Gasteiger partial charge in [0.2, 0.25) is 23.6 Å². The van der Waals surface area contributed by atoms with Crippen LogP contribution < -0.4 is 21.3 Å². The molecule has 3 fully saturated rings. The van der Waals surface area contributed by atoms with Crippen LogP contribution in [0.5, 0.6) is 0 Å². The van der Waals surface area contributed by atoms with Gasteiger partial charge in [0.15, 0.2) is 18.9 Å². The Bertz CT molecular complexity index is 2800. The van der Waals surface area contributed by atoms with Crippen LogP contribution in [0.4, 0.5) is 0 Å². The molecule has 3 saturated heterocycles. The molecule has 0 saturated carbocycles. The van der Waals surface area contributed by atoms with E-state index < -0.39 is 90.6 Å². The SMILES string of the molecule is CC(=O)NC1C(OCCOCCOCCOCCCC(=O)CCC(CCC(=O)CCCOCCOCCOCCOC2OC(COC(C)=O)C(C)C(C)C2NC(C)=O)(CCC(=O)CCCOCCOCCOCCOC2OC(COC(C)=O)C(C)C(C)C2NC(C)=O)NC(=O)CCC(=O)OCc2ccccc2)OC(COC(C)=O)C(C)C1C. The molecule has 34 heteroatoms. The maximum atomic E-state index is 14.0. The van der Waals surface area contributed by atoms with Gasteiger partial charge in [0.05, 0.1) is 162 Å². The van der Waals surface area contributed by atoms with Crippen molar-refractivity contribution in [3.63, 3.8) is 0 Å². The second-order valence-electron chi connectivity index (χ2n) is 30.4. The average molecular weight is 1680 g/mol. The zero-order valence-electron chi connectivity index (χ0n) is 71.9. The van der Waals surface area contributed by atoms with Crippen molar-refractivity contribution in [1.82, 2.24) is 21.3 Å². The van der Waals surface area contributed by atoms with E-state index in [0.717, 1.165) is 5.56 Å². The summed E-state index contributed by atoms with van der Waals surface area (Å²) < 4.78 is 109. The lowest BCUT2D eigenvalue weighted by Crippen LogP contribution is -2.58. The molecule has 674 valence electrons. The van der Waals surface area contributed by atoms with Crippen LogP contribution in [0.2, 0.25) is 0 Å². The molecule has 15 unspecified atom stereocenters. The van der Waals surface area contributed by atoms with Crippen LogP contribution in [-0.4, -0.2) is 284 Å². The second kappa shape index (κ2) is 60.8. The number of amides is 4. The summed E-state index contributed by atoms with van der Waals surface area (Å²) in [4.78, 5) is 139. The van der Waals surface area contributed by atoms with Crippen molar-refractivity contribution >= 4 is 64.9 Å². The van der Waals surface area contributed by atoms with Gasteiger partial charge in [-0.3, -0.25) is 52.7 Å². The minimum Gasteiger partial charge on any atom is -0.463 e. The molecule has 1 aromatic carbocycles. The quantitative estimate of drug-likeness (QED) is 0.0323. The Morgan fingerprint density at radius 1 is 0.331 bits per heavy atom. The van der Waals surface area contributed by atoms with Crippen molar-refractivity contribution < 1.29 is 143 Å². The lowest BCUT2D eigenvalue weighted by Gasteiger charge is -2.44. The maximum Gasteiger partial charge on any atom is 0.306 e. The Hall–Kier alpha value is -6.61. The molecule has 4 N–H and O–H groups in total. The first-order valence-corrected chi connectivity index (χ1v) is 41.9. The molecular formula is C84H138N4O30. The van der Waals surface area contributed by atoms with Gasteiger partial charge in [-0.15, -0.1) is 0 Å². The number of Topliss-reactive ketones (excluding diaryl/α,β-unsaturated/α-hetero) is 3. The van der Waals surface area contributed by atoms with E-state index in [2.05, 4.69) is 21.3 Å². The summed E-state index contributed by atoms with van der Waals surface area (Å²) in [6.45, 7) is 25.5. The van der Waals surface area contributed by atoms with Gasteiger partial charge in [0.1, 0.15) is 43.8 Å². The Kier molecular flexibility index (Phi) is 53.5. The van der Waals surface area contributed by atoms with Crippen LogP contribution in [0.15, 0.2) is 30.3 Å². The number of esters is 4. The Morgan fingerprint density at radius 2 is 0.610 bits per heavy atom. The zero-order chi connectivity index (χ0) is 86.5. The number of ketones is 3. The van der Waals surface area contributed by atoms with Gasteiger partial charge >= 0.3 is 23.9 Å². The molecule has 3 aliphatic rings. The highest BCUT2D eigenvalue weighted by Gasteiger charge is 2.46. The van der Waals surface area contributed by atoms with E-state index in [4.69, 9.17) is 90.0 Å². The van der Waals surface area contributed by atoms with Gasteiger partial charge in [-0.25, -0.2) is 0 Å². The summed E-state index contributed by atoms with van der Waals surface area (Å²) in [5.41, 5.74) is -0.428. The van der Waals surface area contributed by atoms with E-state index in [1.54, 1.807) is 0 Å². The van der Waals surface area contributed by atoms with E-state index in [9.17, 15) is 52.7 Å². The average Bonchev–Trinajstić information content (AvgIpc) is 0.813. The molecule has 3 aliphatic heterocycles. The number of carbonyl (C=O) groups is 11. The van der Waals surface area contributed by atoms with Crippen LogP contribution in [0.3, 0.4) is 0 Å². The fraction of sp³-hybridized carbons (Fsp3) is 0.798. The topological polar surface area (TPSA) is 411 Å². The Balaban J connectivity index is 1.26. The predicted molar refractivity (Wildman–Crippen MR) is 426 cm³/mol. The van der Waals surface area contributed by atoms with E-state index >= 15 is 0 Å². The Labute approximate surface area is 696 Å². The third kappa shape index (κ3) is 44.8. The molecule has 0 spiro atoms. The third-order valence-electron chi connectivity index (χ3n) is 21.1. The van der Waals surface area contributed by atoms with Crippen LogP contribution in [0.1, 0.15) is 179 Å². The highest BCUT2D eigenvalue weighted by Crippen LogP contribution is 2.35. The normalized spacial score (nSPS) is 23.5. The van der Waals surface area contributed by atoms with Gasteiger partial charge in [0, 0.05) is 112 Å². The van der Waals surface area contributed by atoms with Crippen LogP contribution in [0.25, 0.3) is 0 Å². The molecule has 34 nitrogen and oxygen atoms in total. The molecule has 118 heavy (non-hydrogen) atoms. The van der Waals surface area contributed by atoms with E-state index in [-0.39, 0.29) is 306 Å². The van der Waals surface area contributed by atoms with Gasteiger partial charge in [-0.1, -0.05) is 71.9 Å². The van der Waals surface area contributed by atoms with E-state index in [1.165, 1.54) is 41.5 Å². The lowest BCUT2D eigenvalue weighted by atomic mass is 9.81. The number of hydrogen-bond donors (Lipinski definition) is 4. The number of benzene rings is 1. The first-order valence-electron chi connectivity index (χ1n) is 41.9. The minimum absolute atomic E-state index is 0.0108. The molecule has 0 aliphatic carbocycles. The number of hydrogen-bond acceptors (Lipinski definition) is 30. The number of ether oxygens (including phenoxy) is 19. The summed E-state index contributed by atoms with van der Waals surface area (Å²) in [5, 5.41) is 11.9. The minimum atomic E-state index is -1.20. The van der Waals surface area contributed by atoms with Crippen LogP contribution >= 0.6 is 0 Å². The van der Waals surface area contributed by atoms with Crippen molar-refractivity contribution in [3.8, 4) is 0 Å². The first kappa shape index (κ1) is 104. The van der Waals surface area contributed by atoms with Crippen LogP contribution in [-0.2, 0) is 149 Å². The van der Waals surface area contributed by atoms with Gasteiger partial charge in [-0.05, 0) is 79.6 Å². The molecule has 4 amide bonds. The molecule has 0 radical (unpaired) electrons. The van der Waals surface area contributed by atoms with Crippen molar-refractivity contribution in [1.29, 1.82) is 0 Å². The molecule has 0 bridgehead atoms. The molecular weight excluding hydrogens is 1540 g/mol. The van der Waals surface area contributed by atoms with Crippen molar-refractivity contribution in [2.24, 2.45) is 35.5 Å². The van der Waals surface area contributed by atoms with E-state index in [0.29, 0.717) is 19.3 Å². The maximum absolute atomic E-state index is 14.0. The predicted octanol–water partition coefficient (Wildman–Crippen LogP) is 6.15. The summed E-state index contributed by atoms with van der Waals surface area (Å²) >= 11 is 0.